The molecule has 0 saturated carbocycles. The molecule has 1 saturated heterocycles. The minimum atomic E-state index is -0.598. The zero-order valence-corrected chi connectivity index (χ0v) is 22.0. The van der Waals surface area contributed by atoms with Gasteiger partial charge >= 0.3 is 0 Å². The molecular weight excluding hydrogens is 500 g/mol. The minimum absolute atomic E-state index is 0.0879. The number of aromatic amines is 1. The minimum Gasteiger partial charge on any atom is -0.369 e. The average Bonchev–Trinajstić information content (AvgIpc) is 3.29. The lowest BCUT2D eigenvalue weighted by atomic mass is 10.0. The Labute approximate surface area is 225 Å². The third-order valence-electron chi connectivity index (χ3n) is 7.86. The van der Waals surface area contributed by atoms with Gasteiger partial charge in [-0.05, 0) is 37.6 Å². The summed E-state index contributed by atoms with van der Waals surface area (Å²) >= 11 is 0. The Balaban J connectivity index is 1.43. The number of fused-ring (bicyclic) bond motifs is 2. The molecule has 8 nitrogen and oxygen atoms in total. The summed E-state index contributed by atoms with van der Waals surface area (Å²) in [5.74, 6) is -0.0483. The van der Waals surface area contributed by atoms with Gasteiger partial charge in [0.05, 0.1) is 17.9 Å². The standard InChI is InChI=1S/C29H31F2N7O/c1-17-13-33-24-5-3-4-20(27(17)24)28-34-23-8-9-37(25-7-6-19(30)12-22(25)31)15-21(23)29(35-28)38-11-10-36(16-26(32)39)18(2)14-38/h3-7,12-13,18,33H,8-11,14-16H2,1-2H3,(H2,32,39)/t18-/m1/s1. The normalized spacial score (nSPS) is 18.0. The number of hydrogen-bond donors (Lipinski definition) is 2. The first kappa shape index (κ1) is 25.2. The van der Waals surface area contributed by atoms with Crippen molar-refractivity contribution in [2.45, 2.75) is 32.9 Å². The van der Waals surface area contributed by atoms with Gasteiger partial charge in [0.15, 0.2) is 5.82 Å². The van der Waals surface area contributed by atoms with Gasteiger partial charge in [0.25, 0.3) is 0 Å². The number of rotatable bonds is 5. The number of carbonyl (C=O) groups excluding carboxylic acids is 1. The number of anilines is 2. The molecule has 1 amide bonds. The molecule has 3 N–H and O–H groups in total. The van der Waals surface area contributed by atoms with E-state index in [1.54, 1.807) is 0 Å². The van der Waals surface area contributed by atoms with Gasteiger partial charge in [-0.1, -0.05) is 12.1 Å². The topological polar surface area (TPSA) is 94.4 Å². The summed E-state index contributed by atoms with van der Waals surface area (Å²) in [6.45, 7) is 7.32. The second-order valence-corrected chi connectivity index (χ2v) is 10.5. The van der Waals surface area contributed by atoms with Gasteiger partial charge in [-0.3, -0.25) is 9.69 Å². The van der Waals surface area contributed by atoms with Crippen molar-refractivity contribution in [2.75, 3.05) is 42.5 Å². The smallest absolute Gasteiger partial charge is 0.231 e. The molecule has 202 valence electrons. The number of aryl methyl sites for hydroxylation is 1. The maximum atomic E-state index is 14.7. The number of aromatic nitrogens is 3. The third-order valence-corrected chi connectivity index (χ3v) is 7.86. The van der Waals surface area contributed by atoms with Crippen molar-refractivity contribution in [3.05, 3.63) is 71.1 Å². The maximum Gasteiger partial charge on any atom is 0.231 e. The zero-order valence-electron chi connectivity index (χ0n) is 22.0. The van der Waals surface area contributed by atoms with E-state index < -0.39 is 11.6 Å². The van der Waals surface area contributed by atoms with Crippen LogP contribution in [0.4, 0.5) is 20.3 Å². The number of nitrogens with two attached hydrogens (primary N) is 1. The number of halogens is 2. The van der Waals surface area contributed by atoms with Crippen molar-refractivity contribution in [1.82, 2.24) is 19.9 Å². The first-order valence-electron chi connectivity index (χ1n) is 13.2. The van der Waals surface area contributed by atoms with E-state index in [9.17, 15) is 13.6 Å². The highest BCUT2D eigenvalue weighted by Gasteiger charge is 2.31. The van der Waals surface area contributed by atoms with E-state index >= 15 is 0 Å². The molecule has 0 radical (unpaired) electrons. The molecule has 2 aromatic carbocycles. The molecule has 4 heterocycles. The Kier molecular flexibility index (Phi) is 6.42. The van der Waals surface area contributed by atoms with Crippen LogP contribution >= 0.6 is 0 Å². The third kappa shape index (κ3) is 4.69. The molecule has 0 aliphatic carbocycles. The Morgan fingerprint density at radius 3 is 2.74 bits per heavy atom. The van der Waals surface area contributed by atoms with Crippen LogP contribution in [0.25, 0.3) is 22.3 Å². The fourth-order valence-corrected chi connectivity index (χ4v) is 5.89. The highest BCUT2D eigenvalue weighted by Crippen LogP contribution is 2.36. The van der Waals surface area contributed by atoms with Crippen LogP contribution in [0.3, 0.4) is 0 Å². The summed E-state index contributed by atoms with van der Waals surface area (Å²) in [5, 5.41) is 1.09. The van der Waals surface area contributed by atoms with Crippen molar-refractivity contribution in [3.63, 3.8) is 0 Å². The van der Waals surface area contributed by atoms with Crippen molar-refractivity contribution in [1.29, 1.82) is 0 Å². The molecular formula is C29H31F2N7O. The van der Waals surface area contributed by atoms with Gasteiger partial charge in [0, 0.05) is 79.5 Å². The van der Waals surface area contributed by atoms with E-state index in [4.69, 9.17) is 15.7 Å². The molecule has 6 rings (SSSR count). The molecule has 2 aliphatic heterocycles. The molecule has 0 unspecified atom stereocenters. The number of nitrogens with one attached hydrogen (secondary N) is 1. The lowest BCUT2D eigenvalue weighted by Crippen LogP contribution is -2.54. The number of H-pyrrole nitrogens is 1. The van der Waals surface area contributed by atoms with Crippen molar-refractivity contribution in [3.8, 4) is 11.4 Å². The lowest BCUT2D eigenvalue weighted by molar-refractivity contribution is -0.119. The summed E-state index contributed by atoms with van der Waals surface area (Å²) in [6, 6.07) is 9.87. The second-order valence-electron chi connectivity index (χ2n) is 10.5. The van der Waals surface area contributed by atoms with E-state index in [1.165, 1.54) is 12.1 Å². The van der Waals surface area contributed by atoms with Gasteiger partial charge in [0.1, 0.15) is 17.5 Å². The number of nitrogens with zero attached hydrogens (tertiary/aromatic N) is 5. The maximum absolute atomic E-state index is 14.7. The van der Waals surface area contributed by atoms with Crippen molar-refractivity contribution in [2.24, 2.45) is 5.73 Å². The SMILES string of the molecule is Cc1c[nH]c2cccc(-c3nc4c(c(N5CCN(CC(N)=O)[C@H](C)C5)n3)CN(c3ccc(F)cc3F)CC4)c12. The Bertz CT molecular complexity index is 1570. The molecule has 0 spiro atoms. The Hall–Kier alpha value is -4.05. The highest BCUT2D eigenvalue weighted by molar-refractivity contribution is 5.96. The van der Waals surface area contributed by atoms with Gasteiger partial charge in [-0.15, -0.1) is 0 Å². The van der Waals surface area contributed by atoms with Crippen LogP contribution < -0.4 is 15.5 Å². The first-order valence-corrected chi connectivity index (χ1v) is 13.2. The van der Waals surface area contributed by atoms with Crippen molar-refractivity contribution < 1.29 is 13.6 Å². The van der Waals surface area contributed by atoms with Crippen LogP contribution in [0.2, 0.25) is 0 Å². The molecule has 2 aliphatic rings. The summed E-state index contributed by atoms with van der Waals surface area (Å²) in [5.41, 5.74) is 10.8. The van der Waals surface area contributed by atoms with Gasteiger partial charge in [0.2, 0.25) is 5.91 Å². The number of hydrogen-bond acceptors (Lipinski definition) is 6. The highest BCUT2D eigenvalue weighted by atomic mass is 19.1. The predicted octanol–water partition coefficient (Wildman–Crippen LogP) is 3.77. The predicted molar refractivity (Wildman–Crippen MR) is 148 cm³/mol. The second kappa shape index (κ2) is 9.92. The molecule has 2 aromatic heterocycles. The zero-order chi connectivity index (χ0) is 27.3. The first-order chi connectivity index (χ1) is 18.8. The summed E-state index contributed by atoms with van der Waals surface area (Å²) in [7, 11) is 0. The quantitative estimate of drug-likeness (QED) is 0.407. The Morgan fingerprint density at radius 1 is 1.13 bits per heavy atom. The lowest BCUT2D eigenvalue weighted by Gasteiger charge is -2.41. The fraction of sp³-hybridized carbons (Fsp3) is 0.345. The van der Waals surface area contributed by atoms with Gasteiger partial charge in [-0.25, -0.2) is 18.7 Å². The number of carbonyl (C=O) groups is 1. The van der Waals surface area contributed by atoms with E-state index in [2.05, 4.69) is 28.6 Å². The van der Waals surface area contributed by atoms with Crippen LogP contribution in [0.1, 0.15) is 23.7 Å². The molecule has 4 aromatic rings. The molecule has 10 heteroatoms. The number of piperazine rings is 1. The summed E-state index contributed by atoms with van der Waals surface area (Å²) < 4.78 is 28.3. The summed E-state index contributed by atoms with van der Waals surface area (Å²) in [6.07, 6.45) is 2.59. The molecule has 39 heavy (non-hydrogen) atoms. The average molecular weight is 532 g/mol. The fourth-order valence-electron chi connectivity index (χ4n) is 5.89. The van der Waals surface area contributed by atoms with Crippen LogP contribution in [-0.2, 0) is 17.8 Å². The van der Waals surface area contributed by atoms with Gasteiger partial charge < -0.3 is 20.5 Å². The molecule has 1 atom stereocenters. The van der Waals surface area contributed by atoms with E-state index in [0.717, 1.165) is 45.2 Å². The van der Waals surface area contributed by atoms with Crippen LogP contribution in [0.15, 0.2) is 42.6 Å². The van der Waals surface area contributed by atoms with E-state index in [-0.39, 0.29) is 18.5 Å². The largest absolute Gasteiger partial charge is 0.369 e. The van der Waals surface area contributed by atoms with Crippen LogP contribution in [0.5, 0.6) is 0 Å². The molecule has 0 bridgehead atoms. The number of primary amides is 1. The Morgan fingerprint density at radius 2 is 1.97 bits per heavy atom. The van der Waals surface area contributed by atoms with E-state index in [0.29, 0.717) is 50.7 Å². The number of amides is 1. The van der Waals surface area contributed by atoms with Crippen molar-refractivity contribution >= 4 is 28.3 Å². The molecule has 1 fully saturated rings. The number of benzene rings is 2. The summed E-state index contributed by atoms with van der Waals surface area (Å²) in [4.78, 5) is 31.3. The van der Waals surface area contributed by atoms with Gasteiger partial charge in [-0.2, -0.15) is 0 Å². The monoisotopic (exact) mass is 531 g/mol. The van der Waals surface area contributed by atoms with E-state index in [1.807, 2.05) is 29.3 Å². The van der Waals surface area contributed by atoms with Crippen LogP contribution in [0, 0.1) is 18.6 Å². The van der Waals surface area contributed by atoms with Crippen LogP contribution in [-0.4, -0.2) is 64.5 Å².